The van der Waals surface area contributed by atoms with E-state index >= 15 is 0 Å². The first-order chi connectivity index (χ1) is 8.19. The molecular weight excluding hydrogens is 302 g/mol. The average Bonchev–Trinajstić information content (AvgIpc) is 2.76. The highest BCUT2D eigenvalue weighted by Gasteiger charge is 2.04. The monoisotopic (exact) mass is 313 g/mol. The van der Waals surface area contributed by atoms with Gasteiger partial charge in [0.1, 0.15) is 12.4 Å². The molecule has 0 fully saturated rings. The molecule has 6 heteroatoms. The van der Waals surface area contributed by atoms with Gasteiger partial charge in [-0.2, -0.15) is 0 Å². The van der Waals surface area contributed by atoms with Crippen molar-refractivity contribution in [3.63, 3.8) is 0 Å². The van der Waals surface area contributed by atoms with E-state index in [4.69, 9.17) is 10.6 Å². The zero-order valence-corrected chi connectivity index (χ0v) is 11.6. The maximum Gasteiger partial charge on any atom is 0.197 e. The van der Waals surface area contributed by atoms with E-state index in [0.29, 0.717) is 11.7 Å². The van der Waals surface area contributed by atoms with E-state index in [1.807, 2.05) is 25.1 Å². The third kappa shape index (κ3) is 3.18. The molecule has 17 heavy (non-hydrogen) atoms. The van der Waals surface area contributed by atoms with Gasteiger partial charge in [0.15, 0.2) is 5.13 Å². The quantitative estimate of drug-likeness (QED) is 0.672. The summed E-state index contributed by atoms with van der Waals surface area (Å²) in [5, 5.41) is 0.687. The van der Waals surface area contributed by atoms with Crippen molar-refractivity contribution in [2.24, 2.45) is 5.84 Å². The Bertz CT molecular complexity index is 515. The van der Waals surface area contributed by atoms with Crippen molar-refractivity contribution in [3.05, 3.63) is 39.3 Å². The lowest BCUT2D eigenvalue weighted by Gasteiger charge is -2.07. The van der Waals surface area contributed by atoms with Gasteiger partial charge in [0, 0.05) is 6.20 Å². The van der Waals surface area contributed by atoms with Crippen LogP contribution >= 0.6 is 27.3 Å². The lowest BCUT2D eigenvalue weighted by Crippen LogP contribution is -2.05. The van der Waals surface area contributed by atoms with Gasteiger partial charge in [0.25, 0.3) is 0 Å². The van der Waals surface area contributed by atoms with Crippen LogP contribution in [0.1, 0.15) is 10.4 Å². The molecule has 0 unspecified atom stereocenters. The molecule has 0 bridgehead atoms. The fourth-order valence-corrected chi connectivity index (χ4v) is 2.56. The molecule has 0 saturated heterocycles. The first kappa shape index (κ1) is 12.3. The summed E-state index contributed by atoms with van der Waals surface area (Å²) in [5.41, 5.74) is 3.70. The van der Waals surface area contributed by atoms with Gasteiger partial charge in [-0.25, -0.2) is 10.8 Å². The number of anilines is 1. The Labute approximate surface area is 112 Å². The number of nitrogen functional groups attached to an aromatic ring is 1. The zero-order chi connectivity index (χ0) is 12.3. The molecular formula is C11H12BrN3OS. The number of hydrogen-bond donors (Lipinski definition) is 2. The molecule has 0 aliphatic heterocycles. The topological polar surface area (TPSA) is 60.2 Å². The zero-order valence-electron chi connectivity index (χ0n) is 9.24. The van der Waals surface area contributed by atoms with Crippen LogP contribution in [-0.2, 0) is 6.61 Å². The summed E-state index contributed by atoms with van der Waals surface area (Å²) in [5.74, 6) is 6.09. The van der Waals surface area contributed by atoms with E-state index in [0.717, 1.165) is 15.1 Å². The third-order valence-electron chi connectivity index (χ3n) is 2.13. The minimum atomic E-state index is 0.487. The van der Waals surface area contributed by atoms with Gasteiger partial charge in [-0.15, -0.1) is 0 Å². The van der Waals surface area contributed by atoms with Crippen LogP contribution in [0.25, 0.3) is 0 Å². The second-order valence-electron chi connectivity index (χ2n) is 3.50. The van der Waals surface area contributed by atoms with Crippen LogP contribution in [0.5, 0.6) is 5.75 Å². The van der Waals surface area contributed by atoms with Gasteiger partial charge >= 0.3 is 0 Å². The van der Waals surface area contributed by atoms with Crippen LogP contribution in [0.4, 0.5) is 5.13 Å². The summed E-state index contributed by atoms with van der Waals surface area (Å²) in [6.07, 6.45) is 1.75. The number of aromatic nitrogens is 1. The van der Waals surface area contributed by atoms with Gasteiger partial charge in [0.2, 0.25) is 0 Å². The Hall–Kier alpha value is -1.11. The molecule has 0 radical (unpaired) electrons. The van der Waals surface area contributed by atoms with Crippen LogP contribution < -0.4 is 16.0 Å². The summed E-state index contributed by atoms with van der Waals surface area (Å²) in [6.45, 7) is 2.53. The summed E-state index contributed by atoms with van der Waals surface area (Å²) < 4.78 is 6.65. The van der Waals surface area contributed by atoms with Gasteiger partial charge in [-0.1, -0.05) is 17.4 Å². The number of ether oxygens (including phenoxy) is 1. The minimum Gasteiger partial charge on any atom is -0.487 e. The molecule has 0 atom stereocenters. The van der Waals surface area contributed by atoms with E-state index < -0.39 is 0 Å². The Morgan fingerprint density at radius 1 is 1.53 bits per heavy atom. The van der Waals surface area contributed by atoms with Crippen molar-refractivity contribution >= 4 is 32.4 Å². The van der Waals surface area contributed by atoms with Crippen molar-refractivity contribution in [1.82, 2.24) is 4.98 Å². The van der Waals surface area contributed by atoms with Gasteiger partial charge in [0.05, 0.1) is 9.35 Å². The minimum absolute atomic E-state index is 0.487. The molecule has 1 heterocycles. The van der Waals surface area contributed by atoms with Crippen LogP contribution in [-0.4, -0.2) is 4.98 Å². The van der Waals surface area contributed by atoms with Crippen LogP contribution in [0.15, 0.2) is 28.9 Å². The van der Waals surface area contributed by atoms with Gasteiger partial charge < -0.3 is 4.74 Å². The molecule has 0 aliphatic carbocycles. The molecule has 90 valence electrons. The number of thiazole rings is 1. The maximum absolute atomic E-state index is 5.69. The highest BCUT2D eigenvalue weighted by molar-refractivity contribution is 9.10. The standard InChI is InChI=1S/C11H12BrN3OS/c1-7-2-3-10(9(12)4-7)16-6-8-5-14-11(15-13)17-8/h2-5H,6,13H2,1H3,(H,14,15). The summed E-state index contributed by atoms with van der Waals surface area (Å²) >= 11 is 4.94. The maximum atomic E-state index is 5.69. The molecule has 1 aromatic carbocycles. The number of benzene rings is 1. The molecule has 0 aliphatic rings. The molecule has 3 N–H and O–H groups in total. The molecule has 0 saturated carbocycles. The van der Waals surface area contributed by atoms with Crippen LogP contribution in [0.2, 0.25) is 0 Å². The molecule has 2 aromatic rings. The predicted molar refractivity (Wildman–Crippen MR) is 73.1 cm³/mol. The van der Waals surface area contributed by atoms with Crippen molar-refractivity contribution < 1.29 is 4.74 Å². The smallest absolute Gasteiger partial charge is 0.197 e. The lowest BCUT2D eigenvalue weighted by molar-refractivity contribution is 0.307. The van der Waals surface area contributed by atoms with Crippen molar-refractivity contribution in [2.45, 2.75) is 13.5 Å². The predicted octanol–water partition coefficient (Wildman–Crippen LogP) is 3.08. The first-order valence-electron chi connectivity index (χ1n) is 4.99. The SMILES string of the molecule is Cc1ccc(OCc2cnc(NN)s2)c(Br)c1. The van der Waals surface area contributed by atoms with Crippen LogP contribution in [0.3, 0.4) is 0 Å². The Balaban J connectivity index is 2.02. The fourth-order valence-electron chi connectivity index (χ4n) is 1.31. The highest BCUT2D eigenvalue weighted by Crippen LogP contribution is 2.27. The molecule has 0 spiro atoms. The van der Waals surface area contributed by atoms with E-state index in [2.05, 4.69) is 26.3 Å². The number of nitrogens with two attached hydrogens (primary N) is 1. The number of rotatable bonds is 4. The van der Waals surface area contributed by atoms with Gasteiger partial charge in [-0.3, -0.25) is 5.43 Å². The Morgan fingerprint density at radius 3 is 3.00 bits per heavy atom. The first-order valence-corrected chi connectivity index (χ1v) is 6.60. The normalized spacial score (nSPS) is 10.3. The number of hydrazine groups is 1. The number of hydrogen-bond acceptors (Lipinski definition) is 5. The summed E-state index contributed by atoms with van der Waals surface area (Å²) in [6, 6.07) is 5.98. The van der Waals surface area contributed by atoms with Crippen molar-refractivity contribution in [1.29, 1.82) is 0 Å². The third-order valence-corrected chi connectivity index (χ3v) is 3.66. The number of nitrogens with zero attached hydrogens (tertiary/aromatic N) is 1. The Kier molecular flexibility index (Phi) is 3.98. The second kappa shape index (κ2) is 5.48. The van der Waals surface area contributed by atoms with Crippen molar-refractivity contribution in [3.8, 4) is 5.75 Å². The van der Waals surface area contributed by atoms with E-state index in [9.17, 15) is 0 Å². The van der Waals surface area contributed by atoms with E-state index in [1.165, 1.54) is 16.9 Å². The van der Waals surface area contributed by atoms with E-state index in [-0.39, 0.29) is 0 Å². The summed E-state index contributed by atoms with van der Waals surface area (Å²) in [4.78, 5) is 5.09. The Morgan fingerprint density at radius 2 is 2.35 bits per heavy atom. The largest absolute Gasteiger partial charge is 0.487 e. The molecule has 1 aromatic heterocycles. The molecule has 4 nitrogen and oxygen atoms in total. The number of aryl methyl sites for hydroxylation is 1. The summed E-state index contributed by atoms with van der Waals surface area (Å²) in [7, 11) is 0. The fraction of sp³-hybridized carbons (Fsp3) is 0.182. The van der Waals surface area contributed by atoms with Crippen molar-refractivity contribution in [2.75, 3.05) is 5.43 Å². The van der Waals surface area contributed by atoms with Crippen LogP contribution in [0, 0.1) is 6.92 Å². The van der Waals surface area contributed by atoms with Gasteiger partial charge in [-0.05, 0) is 40.5 Å². The second-order valence-corrected chi connectivity index (χ2v) is 5.47. The van der Waals surface area contributed by atoms with E-state index in [1.54, 1.807) is 6.20 Å². The molecule has 2 rings (SSSR count). The number of halogens is 1. The number of nitrogens with one attached hydrogen (secondary N) is 1. The average molecular weight is 314 g/mol. The lowest BCUT2D eigenvalue weighted by atomic mass is 10.2. The molecule has 0 amide bonds. The highest BCUT2D eigenvalue weighted by atomic mass is 79.9.